The first-order valence-electron chi connectivity index (χ1n) is 10.6. The highest BCUT2D eigenvalue weighted by Crippen LogP contribution is 2.30. The van der Waals surface area contributed by atoms with Crippen LogP contribution >= 0.6 is 0 Å². The third-order valence-corrected chi connectivity index (χ3v) is 4.78. The summed E-state index contributed by atoms with van der Waals surface area (Å²) < 4.78 is 50.1. The largest absolute Gasteiger partial charge is 0.494 e. The Labute approximate surface area is 201 Å². The number of alkyl halides is 3. The van der Waals surface area contributed by atoms with Gasteiger partial charge in [0.25, 0.3) is 5.91 Å². The van der Waals surface area contributed by atoms with Crippen molar-refractivity contribution in [1.29, 1.82) is 0 Å². The Kier molecular flexibility index (Phi) is 6.94. The third-order valence-electron chi connectivity index (χ3n) is 4.78. The van der Waals surface area contributed by atoms with Crippen molar-refractivity contribution in [1.82, 2.24) is 30.7 Å². The van der Waals surface area contributed by atoms with Gasteiger partial charge in [-0.1, -0.05) is 24.3 Å². The SMILES string of the molecule is CCCOc1ccc(-c2c(C(=O)NN=Cc3cccc(C(F)(F)F)c3)nnn2-c2nonc2N)cc1. The Morgan fingerprint density at radius 3 is 2.67 bits per heavy atom. The van der Waals surface area contributed by atoms with Gasteiger partial charge in [-0.15, -0.1) is 5.10 Å². The highest BCUT2D eigenvalue weighted by Gasteiger charge is 2.30. The molecule has 0 saturated heterocycles. The molecule has 0 spiro atoms. The van der Waals surface area contributed by atoms with E-state index in [9.17, 15) is 18.0 Å². The van der Waals surface area contributed by atoms with E-state index in [-0.39, 0.29) is 28.6 Å². The summed E-state index contributed by atoms with van der Waals surface area (Å²) in [6.07, 6.45) is -2.59. The van der Waals surface area contributed by atoms with E-state index in [0.29, 0.717) is 17.9 Å². The molecule has 0 atom stereocenters. The van der Waals surface area contributed by atoms with Crippen LogP contribution in [-0.4, -0.2) is 44.0 Å². The van der Waals surface area contributed by atoms with Gasteiger partial charge in [-0.3, -0.25) is 4.79 Å². The minimum atomic E-state index is -4.50. The lowest BCUT2D eigenvalue weighted by Crippen LogP contribution is -2.19. The van der Waals surface area contributed by atoms with Crippen LogP contribution in [0.4, 0.5) is 19.0 Å². The minimum Gasteiger partial charge on any atom is -0.494 e. The van der Waals surface area contributed by atoms with Crippen LogP contribution < -0.4 is 15.9 Å². The fourth-order valence-electron chi connectivity index (χ4n) is 3.12. The quantitative estimate of drug-likeness (QED) is 0.276. The molecule has 2 heterocycles. The van der Waals surface area contributed by atoms with Gasteiger partial charge in [-0.05, 0) is 58.7 Å². The molecule has 0 radical (unpaired) electrons. The van der Waals surface area contributed by atoms with E-state index in [2.05, 4.69) is 35.8 Å². The number of ether oxygens (including phenoxy) is 1. The lowest BCUT2D eigenvalue weighted by atomic mass is 10.1. The van der Waals surface area contributed by atoms with Crippen LogP contribution in [0, 0.1) is 0 Å². The van der Waals surface area contributed by atoms with Gasteiger partial charge in [-0.2, -0.15) is 23.0 Å². The number of halogens is 3. The average Bonchev–Trinajstić information content (AvgIpc) is 3.48. The van der Waals surface area contributed by atoms with Crippen molar-refractivity contribution >= 4 is 17.9 Å². The first-order valence-corrected chi connectivity index (χ1v) is 10.6. The predicted molar refractivity (Wildman–Crippen MR) is 121 cm³/mol. The van der Waals surface area contributed by atoms with Crippen molar-refractivity contribution in [3.8, 4) is 22.8 Å². The summed E-state index contributed by atoms with van der Waals surface area (Å²) in [6.45, 7) is 2.52. The van der Waals surface area contributed by atoms with Crippen molar-refractivity contribution in [3.05, 3.63) is 65.4 Å². The first kappa shape index (κ1) is 24.4. The number of benzene rings is 2. The zero-order valence-corrected chi connectivity index (χ0v) is 18.7. The Balaban J connectivity index is 1.63. The van der Waals surface area contributed by atoms with Crippen molar-refractivity contribution < 1.29 is 27.3 Å². The van der Waals surface area contributed by atoms with Crippen LogP contribution in [0.15, 0.2) is 58.3 Å². The number of anilines is 1. The zero-order chi connectivity index (χ0) is 25.7. The van der Waals surface area contributed by atoms with Crippen LogP contribution in [-0.2, 0) is 6.18 Å². The van der Waals surface area contributed by atoms with Gasteiger partial charge in [0, 0.05) is 5.56 Å². The normalized spacial score (nSPS) is 11.7. The fourth-order valence-corrected chi connectivity index (χ4v) is 3.12. The molecule has 2 aromatic heterocycles. The van der Waals surface area contributed by atoms with Gasteiger partial charge in [-0.25, -0.2) is 10.1 Å². The number of hydrogen-bond donors (Lipinski definition) is 2. The third kappa shape index (κ3) is 5.32. The Bertz CT molecular complexity index is 1380. The molecule has 2 aromatic carbocycles. The lowest BCUT2D eigenvalue weighted by Gasteiger charge is -2.08. The molecule has 4 rings (SSSR count). The van der Waals surface area contributed by atoms with E-state index in [0.717, 1.165) is 24.8 Å². The number of carbonyl (C=O) groups excluding carboxylic acids is 1. The highest BCUT2D eigenvalue weighted by molar-refractivity contribution is 5.98. The summed E-state index contributed by atoms with van der Waals surface area (Å²) in [7, 11) is 0. The number of nitrogen functional groups attached to an aromatic ring is 1. The summed E-state index contributed by atoms with van der Waals surface area (Å²) in [5.41, 5.74) is 7.90. The maximum atomic E-state index is 12.9. The summed E-state index contributed by atoms with van der Waals surface area (Å²) in [5, 5.41) is 18.8. The van der Waals surface area contributed by atoms with E-state index >= 15 is 0 Å². The Hall–Kier alpha value is -4.75. The second-order valence-corrected chi connectivity index (χ2v) is 7.37. The van der Waals surface area contributed by atoms with Crippen LogP contribution in [0.5, 0.6) is 5.75 Å². The van der Waals surface area contributed by atoms with E-state index in [4.69, 9.17) is 10.5 Å². The molecule has 36 heavy (non-hydrogen) atoms. The second kappa shape index (κ2) is 10.2. The number of aromatic nitrogens is 5. The molecule has 4 aromatic rings. The van der Waals surface area contributed by atoms with Gasteiger partial charge in [0.15, 0.2) is 5.69 Å². The molecule has 1 amide bonds. The smallest absolute Gasteiger partial charge is 0.416 e. The standard InChI is InChI=1S/C22H19F3N8O3/c1-2-10-35-16-8-6-14(7-9-16)18-17(28-32-33(18)20-19(26)30-36-31-20)21(34)29-27-12-13-4-3-5-15(11-13)22(23,24)25/h3-9,11-12H,2,10H2,1H3,(H2,26,30)(H,29,34). The van der Waals surface area contributed by atoms with Crippen LogP contribution in [0.25, 0.3) is 17.1 Å². The highest BCUT2D eigenvalue weighted by atomic mass is 19.4. The van der Waals surface area contributed by atoms with E-state index in [1.807, 2.05) is 6.92 Å². The van der Waals surface area contributed by atoms with E-state index in [1.54, 1.807) is 24.3 Å². The number of nitrogens with one attached hydrogen (secondary N) is 1. The first-order chi connectivity index (χ1) is 17.3. The number of hydrogen-bond acceptors (Lipinski definition) is 9. The molecule has 14 heteroatoms. The Morgan fingerprint density at radius 1 is 1.22 bits per heavy atom. The molecule has 0 unspecified atom stereocenters. The second-order valence-electron chi connectivity index (χ2n) is 7.37. The van der Waals surface area contributed by atoms with Gasteiger partial charge in [0.2, 0.25) is 11.6 Å². The zero-order valence-electron chi connectivity index (χ0n) is 18.7. The van der Waals surface area contributed by atoms with Crippen LogP contribution in [0.1, 0.15) is 35.0 Å². The molecule has 186 valence electrons. The molecule has 3 N–H and O–H groups in total. The maximum absolute atomic E-state index is 12.9. The van der Waals surface area contributed by atoms with Crippen LogP contribution in [0.2, 0.25) is 0 Å². The summed E-state index contributed by atoms with van der Waals surface area (Å²) in [5.74, 6) is -0.228. The molecule has 0 aliphatic heterocycles. The van der Waals surface area contributed by atoms with Crippen LogP contribution in [0.3, 0.4) is 0 Å². The van der Waals surface area contributed by atoms with Gasteiger partial charge in [0.1, 0.15) is 11.4 Å². The van der Waals surface area contributed by atoms with Gasteiger partial charge >= 0.3 is 6.18 Å². The van der Waals surface area contributed by atoms with Gasteiger partial charge < -0.3 is 10.5 Å². The number of carbonyl (C=O) groups is 1. The number of rotatable bonds is 8. The monoisotopic (exact) mass is 500 g/mol. The summed E-state index contributed by atoms with van der Waals surface area (Å²) >= 11 is 0. The van der Waals surface area contributed by atoms with Crippen molar-refractivity contribution in [2.45, 2.75) is 19.5 Å². The molecular formula is C22H19F3N8O3. The summed E-state index contributed by atoms with van der Waals surface area (Å²) in [4.78, 5) is 12.9. The molecular weight excluding hydrogens is 481 g/mol. The molecule has 11 nitrogen and oxygen atoms in total. The number of hydrazone groups is 1. The van der Waals surface area contributed by atoms with Gasteiger partial charge in [0.05, 0.1) is 18.4 Å². The van der Waals surface area contributed by atoms with Crippen molar-refractivity contribution in [3.63, 3.8) is 0 Å². The predicted octanol–water partition coefficient (Wildman–Crippen LogP) is 3.47. The Morgan fingerprint density at radius 2 is 2.00 bits per heavy atom. The van der Waals surface area contributed by atoms with E-state index in [1.165, 1.54) is 16.8 Å². The average molecular weight is 500 g/mol. The maximum Gasteiger partial charge on any atom is 0.416 e. The van der Waals surface area contributed by atoms with Crippen molar-refractivity contribution in [2.75, 3.05) is 12.3 Å². The molecule has 0 bridgehead atoms. The summed E-state index contributed by atoms with van der Waals surface area (Å²) in [6, 6.07) is 11.3. The molecule has 0 aliphatic rings. The topological polar surface area (TPSA) is 146 Å². The lowest BCUT2D eigenvalue weighted by molar-refractivity contribution is -0.137. The minimum absolute atomic E-state index is 0.00956. The number of nitrogens with zero attached hydrogens (tertiary/aromatic N) is 6. The molecule has 0 fully saturated rings. The van der Waals surface area contributed by atoms with Crippen molar-refractivity contribution in [2.24, 2.45) is 5.10 Å². The number of amides is 1. The molecule has 0 saturated carbocycles. The fraction of sp³-hybridized carbons (Fsp3) is 0.182. The molecule has 0 aliphatic carbocycles. The number of nitrogens with two attached hydrogens (primary N) is 1. The van der Waals surface area contributed by atoms with E-state index < -0.39 is 17.6 Å².